The molecule has 2 rings (SSSR count). The number of carbonyl (C=O) groups excluding carboxylic acids is 2. The Morgan fingerprint density at radius 1 is 1.50 bits per heavy atom. The van der Waals surface area contributed by atoms with Gasteiger partial charge in [0, 0.05) is 12.8 Å². The van der Waals surface area contributed by atoms with Gasteiger partial charge in [-0.2, -0.15) is 5.10 Å². The number of hydrazone groups is 1. The Balaban J connectivity index is 1.96. The van der Waals surface area contributed by atoms with Crippen molar-refractivity contribution in [2.24, 2.45) is 5.10 Å². The Labute approximate surface area is 111 Å². The quantitative estimate of drug-likeness (QED) is 0.631. The first-order valence-corrected chi connectivity index (χ1v) is 7.12. The Hall–Kier alpha value is -1.48. The first-order chi connectivity index (χ1) is 8.69. The van der Waals surface area contributed by atoms with Gasteiger partial charge in [0.1, 0.15) is 5.71 Å². The lowest BCUT2D eigenvalue weighted by molar-refractivity contribution is -0.121. The zero-order chi connectivity index (χ0) is 13.0. The smallest absolute Gasteiger partial charge is 0.273 e. The highest BCUT2D eigenvalue weighted by Crippen LogP contribution is 2.24. The first-order valence-electron chi connectivity index (χ1n) is 5.32. The van der Waals surface area contributed by atoms with Crippen LogP contribution >= 0.6 is 23.1 Å². The van der Waals surface area contributed by atoms with Crippen LogP contribution in [0, 0.1) is 0 Å². The van der Waals surface area contributed by atoms with Crippen LogP contribution in [-0.4, -0.2) is 33.5 Å². The molecule has 1 aromatic heterocycles. The molecule has 1 aliphatic rings. The van der Waals surface area contributed by atoms with Gasteiger partial charge in [-0.3, -0.25) is 14.9 Å². The molecule has 0 aromatic carbocycles. The zero-order valence-corrected chi connectivity index (χ0v) is 11.2. The molecule has 2 N–H and O–H groups in total. The molecule has 0 atom stereocenters. The maximum absolute atomic E-state index is 11.8. The molecule has 7 nitrogen and oxygen atoms in total. The van der Waals surface area contributed by atoms with Crippen molar-refractivity contribution in [3.8, 4) is 0 Å². The largest absolute Gasteiger partial charge is 0.295 e. The number of hydrogen-bond acceptors (Lipinski definition) is 7. The van der Waals surface area contributed by atoms with E-state index in [0.717, 1.165) is 10.1 Å². The second-order valence-electron chi connectivity index (χ2n) is 3.35. The number of hydrogen-bond donors (Lipinski definition) is 2. The summed E-state index contributed by atoms with van der Waals surface area (Å²) in [6.45, 7) is 2.02. The molecule has 0 aliphatic carbocycles. The number of thioether (sulfide) groups is 1. The first kappa shape index (κ1) is 13.0. The van der Waals surface area contributed by atoms with Gasteiger partial charge in [-0.05, 0) is 5.75 Å². The van der Waals surface area contributed by atoms with Crippen molar-refractivity contribution in [1.82, 2.24) is 15.6 Å². The fourth-order valence-electron chi connectivity index (χ4n) is 1.25. The summed E-state index contributed by atoms with van der Waals surface area (Å²) in [5, 5.41) is 14.5. The van der Waals surface area contributed by atoms with E-state index in [4.69, 9.17) is 0 Å². The van der Waals surface area contributed by atoms with Crippen molar-refractivity contribution >= 4 is 45.8 Å². The average molecular weight is 285 g/mol. The van der Waals surface area contributed by atoms with Crippen LogP contribution in [0.2, 0.25) is 0 Å². The van der Waals surface area contributed by atoms with Gasteiger partial charge in [-0.25, -0.2) is 5.43 Å². The van der Waals surface area contributed by atoms with Crippen molar-refractivity contribution in [2.45, 2.75) is 24.1 Å². The molecule has 2 amide bonds. The van der Waals surface area contributed by atoms with E-state index in [1.807, 2.05) is 6.92 Å². The van der Waals surface area contributed by atoms with Gasteiger partial charge in [0.2, 0.25) is 11.0 Å². The molecule has 0 radical (unpaired) electrons. The average Bonchev–Trinajstić information content (AvgIpc) is 2.78. The van der Waals surface area contributed by atoms with Gasteiger partial charge in [0.15, 0.2) is 4.34 Å². The number of amides is 2. The maximum Gasteiger partial charge on any atom is 0.273 e. The molecular formula is C9H11N5O2S2. The van der Waals surface area contributed by atoms with Crippen LogP contribution in [0.3, 0.4) is 0 Å². The summed E-state index contributed by atoms with van der Waals surface area (Å²) in [7, 11) is 0. The van der Waals surface area contributed by atoms with Crippen molar-refractivity contribution < 1.29 is 9.59 Å². The Morgan fingerprint density at radius 3 is 3.00 bits per heavy atom. The number of nitrogens with one attached hydrogen (secondary N) is 2. The van der Waals surface area contributed by atoms with E-state index >= 15 is 0 Å². The number of rotatable bonds is 4. The number of aromatic nitrogens is 2. The summed E-state index contributed by atoms with van der Waals surface area (Å²) in [6, 6.07) is 0. The minimum atomic E-state index is -0.348. The summed E-state index contributed by atoms with van der Waals surface area (Å²) in [5.74, 6) is 0.379. The van der Waals surface area contributed by atoms with E-state index in [-0.39, 0.29) is 18.2 Å². The van der Waals surface area contributed by atoms with Crippen LogP contribution in [0.15, 0.2) is 9.44 Å². The summed E-state index contributed by atoms with van der Waals surface area (Å²) >= 11 is 2.88. The second kappa shape index (κ2) is 5.91. The summed E-state index contributed by atoms with van der Waals surface area (Å²) in [5.41, 5.74) is 2.58. The van der Waals surface area contributed by atoms with Gasteiger partial charge in [0.05, 0.1) is 0 Å². The van der Waals surface area contributed by atoms with E-state index < -0.39 is 0 Å². The molecule has 9 heteroatoms. The van der Waals surface area contributed by atoms with Gasteiger partial charge in [-0.15, -0.1) is 10.2 Å². The fourth-order valence-corrected chi connectivity index (χ4v) is 2.89. The highest BCUT2D eigenvalue weighted by Gasteiger charge is 2.19. The predicted molar refractivity (Wildman–Crippen MR) is 69.7 cm³/mol. The molecule has 0 saturated heterocycles. The van der Waals surface area contributed by atoms with E-state index in [9.17, 15) is 9.59 Å². The van der Waals surface area contributed by atoms with Crippen LogP contribution in [-0.2, 0) is 9.59 Å². The third kappa shape index (κ3) is 3.26. The highest BCUT2D eigenvalue weighted by molar-refractivity contribution is 8.01. The maximum atomic E-state index is 11.8. The van der Waals surface area contributed by atoms with Crippen molar-refractivity contribution in [2.75, 3.05) is 11.1 Å². The fraction of sp³-hybridized carbons (Fsp3) is 0.444. The highest BCUT2D eigenvalue weighted by atomic mass is 32.2. The lowest BCUT2D eigenvalue weighted by atomic mass is 10.2. The molecule has 1 aliphatic heterocycles. The summed E-state index contributed by atoms with van der Waals surface area (Å²) in [6.07, 6.45) is 0.617. The molecule has 0 fully saturated rings. The molecule has 2 heterocycles. The predicted octanol–water partition coefficient (Wildman–Crippen LogP) is 0.855. The van der Waals surface area contributed by atoms with Crippen LogP contribution in [0.1, 0.15) is 19.8 Å². The van der Waals surface area contributed by atoms with Crippen LogP contribution in [0.5, 0.6) is 0 Å². The molecule has 18 heavy (non-hydrogen) atoms. The van der Waals surface area contributed by atoms with E-state index in [1.165, 1.54) is 11.3 Å². The standard InChI is InChI=1S/C9H11N5O2S2/c1-2-17-9-14-13-8(18-9)10-7(16)5-3-4-6(15)12-11-5/h2-4H2,1H3,(H,12,15)(H,10,13,16). The van der Waals surface area contributed by atoms with Crippen LogP contribution in [0.4, 0.5) is 5.13 Å². The third-order valence-electron chi connectivity index (χ3n) is 2.06. The Bertz CT molecular complexity index is 499. The lowest BCUT2D eigenvalue weighted by Crippen LogP contribution is -2.32. The second-order valence-corrected chi connectivity index (χ2v) is 5.84. The number of nitrogens with zero attached hydrogens (tertiary/aromatic N) is 3. The Morgan fingerprint density at radius 2 is 2.33 bits per heavy atom. The number of anilines is 1. The van der Waals surface area contributed by atoms with E-state index in [0.29, 0.717) is 17.3 Å². The molecular weight excluding hydrogens is 274 g/mol. The van der Waals surface area contributed by atoms with Crippen LogP contribution in [0.25, 0.3) is 0 Å². The van der Waals surface area contributed by atoms with E-state index in [2.05, 4.69) is 26.0 Å². The summed E-state index contributed by atoms with van der Waals surface area (Å²) < 4.78 is 0.812. The van der Waals surface area contributed by atoms with Crippen molar-refractivity contribution in [1.29, 1.82) is 0 Å². The molecule has 1 aromatic rings. The SMILES string of the molecule is CCSc1nnc(NC(=O)C2=NNC(=O)CC2)s1. The lowest BCUT2D eigenvalue weighted by Gasteiger charge is -2.10. The Kier molecular flexibility index (Phi) is 4.26. The minimum Gasteiger partial charge on any atom is -0.295 e. The molecule has 96 valence electrons. The van der Waals surface area contributed by atoms with Crippen molar-refractivity contribution in [3.63, 3.8) is 0 Å². The molecule has 0 spiro atoms. The molecule has 0 saturated carbocycles. The molecule has 0 bridgehead atoms. The van der Waals surface area contributed by atoms with Gasteiger partial charge in [0.25, 0.3) is 5.91 Å². The van der Waals surface area contributed by atoms with Gasteiger partial charge < -0.3 is 0 Å². The summed E-state index contributed by atoms with van der Waals surface area (Å²) in [4.78, 5) is 22.7. The normalized spacial score (nSPS) is 14.9. The molecule has 0 unspecified atom stereocenters. The minimum absolute atomic E-state index is 0.177. The zero-order valence-electron chi connectivity index (χ0n) is 9.60. The van der Waals surface area contributed by atoms with Gasteiger partial charge >= 0.3 is 0 Å². The monoisotopic (exact) mass is 285 g/mol. The van der Waals surface area contributed by atoms with Gasteiger partial charge in [-0.1, -0.05) is 30.0 Å². The van der Waals surface area contributed by atoms with Crippen molar-refractivity contribution in [3.05, 3.63) is 0 Å². The van der Waals surface area contributed by atoms with Crippen LogP contribution < -0.4 is 10.7 Å². The third-order valence-corrected chi connectivity index (χ3v) is 3.92. The topological polar surface area (TPSA) is 96.3 Å². The van der Waals surface area contributed by atoms with E-state index in [1.54, 1.807) is 11.8 Å². The number of carbonyl (C=O) groups is 2.